The Labute approximate surface area is 155 Å². The molecule has 1 spiro atoms. The third kappa shape index (κ3) is 1.56. The van der Waals surface area contributed by atoms with Crippen molar-refractivity contribution < 1.29 is 9.59 Å². The molecule has 0 heterocycles. The molecule has 1 aromatic rings. The van der Waals surface area contributed by atoms with Gasteiger partial charge in [0.05, 0.1) is 10.8 Å². The molecule has 4 nitrogen and oxygen atoms in total. The van der Waals surface area contributed by atoms with Gasteiger partial charge in [-0.25, -0.2) is 0 Å². The molecule has 2 bridgehead atoms. The molecule has 25 heavy (non-hydrogen) atoms. The van der Waals surface area contributed by atoms with Crippen LogP contribution in [0.5, 0.6) is 0 Å². The number of hydrogen-bond acceptors (Lipinski definition) is 2. The van der Waals surface area contributed by atoms with Crippen molar-refractivity contribution in [3.63, 3.8) is 0 Å². The van der Waals surface area contributed by atoms with Crippen LogP contribution in [0.15, 0.2) is 28.7 Å². The van der Waals surface area contributed by atoms with Gasteiger partial charge in [-0.15, -0.1) is 0 Å². The number of benzene rings is 1. The van der Waals surface area contributed by atoms with Crippen LogP contribution < -0.4 is 11.5 Å². The number of carbonyl (C=O) groups is 2. The zero-order valence-corrected chi connectivity index (χ0v) is 15.7. The van der Waals surface area contributed by atoms with Gasteiger partial charge in [-0.05, 0) is 79.4 Å². The largest absolute Gasteiger partial charge is 0.369 e. The van der Waals surface area contributed by atoms with Crippen molar-refractivity contribution in [3.8, 4) is 0 Å². The average Bonchev–Trinajstić information content (AvgIpc) is 3.46. The fraction of sp³-hybridized carbons (Fsp3) is 0.600. The van der Waals surface area contributed by atoms with E-state index in [4.69, 9.17) is 11.5 Å². The Hall–Kier alpha value is -1.36. The number of primary amides is 2. The van der Waals surface area contributed by atoms with Gasteiger partial charge in [0.2, 0.25) is 11.8 Å². The molecule has 0 aliphatic heterocycles. The molecule has 132 valence electrons. The molecule has 5 heteroatoms. The molecule has 4 aliphatic carbocycles. The van der Waals surface area contributed by atoms with Gasteiger partial charge in [-0.1, -0.05) is 28.1 Å². The van der Waals surface area contributed by atoms with Gasteiger partial charge in [0.25, 0.3) is 0 Å². The van der Waals surface area contributed by atoms with E-state index in [1.54, 1.807) is 0 Å². The highest BCUT2D eigenvalue weighted by atomic mass is 79.9. The first-order valence-electron chi connectivity index (χ1n) is 9.28. The summed E-state index contributed by atoms with van der Waals surface area (Å²) in [5.74, 6) is -0.0777. The van der Waals surface area contributed by atoms with Gasteiger partial charge in [0.15, 0.2) is 0 Å². The summed E-state index contributed by atoms with van der Waals surface area (Å²) in [6.07, 6.45) is 6.16. The first-order chi connectivity index (χ1) is 11.9. The molecule has 5 rings (SSSR count). The van der Waals surface area contributed by atoms with Gasteiger partial charge in [0.1, 0.15) is 0 Å². The Kier molecular flexibility index (Phi) is 2.96. The van der Waals surface area contributed by atoms with E-state index in [0.717, 1.165) is 48.6 Å². The summed E-state index contributed by atoms with van der Waals surface area (Å²) in [6.45, 7) is 0. The van der Waals surface area contributed by atoms with Crippen LogP contribution in [0.25, 0.3) is 0 Å². The summed E-state index contributed by atoms with van der Waals surface area (Å²) < 4.78 is 0.955. The standard InChI is InChI=1S/C20H23BrN2O2/c21-13-5-3-12(4-6-13)20(17(23)25)15-8-7-14(18(15)9-10-18)19(20,16(22)24)11-1-2-11/h3-6,11,14-15H,1-2,7-10H2,(H2,22,24)(H2,23,25)/t14-,15+,19+,20-/m1/s1. The Morgan fingerprint density at radius 3 is 2.00 bits per heavy atom. The zero-order chi connectivity index (χ0) is 17.6. The summed E-state index contributed by atoms with van der Waals surface area (Å²) >= 11 is 3.48. The highest BCUT2D eigenvalue weighted by Crippen LogP contribution is 2.85. The van der Waals surface area contributed by atoms with Crippen molar-refractivity contribution in [2.75, 3.05) is 0 Å². The number of halogens is 1. The number of amides is 2. The average molecular weight is 403 g/mol. The van der Waals surface area contributed by atoms with Gasteiger partial charge < -0.3 is 11.5 Å². The van der Waals surface area contributed by atoms with Crippen LogP contribution in [-0.2, 0) is 15.0 Å². The van der Waals surface area contributed by atoms with E-state index in [1.807, 2.05) is 24.3 Å². The summed E-state index contributed by atoms with van der Waals surface area (Å²) in [5.41, 5.74) is 11.6. The first-order valence-corrected chi connectivity index (χ1v) is 10.1. The third-order valence-electron chi connectivity index (χ3n) is 8.00. The topological polar surface area (TPSA) is 86.2 Å². The van der Waals surface area contributed by atoms with Crippen LogP contribution in [0.2, 0.25) is 0 Å². The Morgan fingerprint density at radius 1 is 0.920 bits per heavy atom. The van der Waals surface area contributed by atoms with Gasteiger partial charge in [-0.3, -0.25) is 9.59 Å². The molecule has 0 radical (unpaired) electrons. The lowest BCUT2D eigenvalue weighted by molar-refractivity contribution is -0.148. The molecule has 4 fully saturated rings. The maximum Gasteiger partial charge on any atom is 0.229 e. The SMILES string of the molecule is NC(=O)[C@]1(C2CC2)[C@@H]2CC[C@@H](C23CC3)[C@@]1(C(N)=O)c1ccc(Br)cc1. The van der Waals surface area contributed by atoms with Crippen LogP contribution in [-0.4, -0.2) is 11.8 Å². The number of nitrogens with two attached hydrogens (primary N) is 2. The smallest absolute Gasteiger partial charge is 0.229 e. The molecule has 0 aromatic heterocycles. The van der Waals surface area contributed by atoms with Crippen molar-refractivity contribution in [3.05, 3.63) is 34.3 Å². The van der Waals surface area contributed by atoms with Crippen molar-refractivity contribution in [1.82, 2.24) is 0 Å². The van der Waals surface area contributed by atoms with Crippen molar-refractivity contribution in [2.45, 2.75) is 43.9 Å². The van der Waals surface area contributed by atoms with Gasteiger partial charge in [-0.2, -0.15) is 0 Å². The second kappa shape index (κ2) is 4.67. The molecular formula is C20H23BrN2O2. The zero-order valence-electron chi connectivity index (χ0n) is 14.1. The van der Waals surface area contributed by atoms with E-state index in [0.29, 0.717) is 0 Å². The fourth-order valence-electron chi connectivity index (χ4n) is 7.27. The van der Waals surface area contributed by atoms with Crippen LogP contribution in [0.1, 0.15) is 44.1 Å². The van der Waals surface area contributed by atoms with Crippen molar-refractivity contribution >= 4 is 27.7 Å². The molecule has 1 aromatic carbocycles. The normalized spacial score (nSPS) is 40.4. The van der Waals surface area contributed by atoms with Gasteiger partial charge >= 0.3 is 0 Å². The minimum atomic E-state index is -0.944. The third-order valence-corrected chi connectivity index (χ3v) is 8.53. The van der Waals surface area contributed by atoms with E-state index < -0.39 is 10.8 Å². The second-order valence-electron chi connectivity index (χ2n) is 8.60. The van der Waals surface area contributed by atoms with Crippen LogP contribution >= 0.6 is 15.9 Å². The Morgan fingerprint density at radius 2 is 1.52 bits per heavy atom. The monoisotopic (exact) mass is 402 g/mol. The molecule has 4 aliphatic rings. The summed E-state index contributed by atoms with van der Waals surface area (Å²) in [4.78, 5) is 26.2. The minimum Gasteiger partial charge on any atom is -0.369 e. The molecule has 0 unspecified atom stereocenters. The molecule has 4 atom stereocenters. The van der Waals surface area contributed by atoms with E-state index in [-0.39, 0.29) is 35.0 Å². The molecule has 4 saturated carbocycles. The second-order valence-corrected chi connectivity index (χ2v) is 9.52. The molecule has 4 N–H and O–H groups in total. The quantitative estimate of drug-likeness (QED) is 0.810. The van der Waals surface area contributed by atoms with Crippen molar-refractivity contribution in [1.29, 1.82) is 0 Å². The summed E-state index contributed by atoms with van der Waals surface area (Å²) in [6, 6.07) is 7.85. The van der Waals surface area contributed by atoms with Crippen molar-refractivity contribution in [2.24, 2.45) is 40.1 Å². The molecule has 0 saturated heterocycles. The lowest BCUT2D eigenvalue weighted by Crippen LogP contribution is -2.64. The van der Waals surface area contributed by atoms with Gasteiger partial charge in [0, 0.05) is 4.47 Å². The molecule has 2 amide bonds. The summed E-state index contributed by atoms with van der Waals surface area (Å²) in [5, 5.41) is 0. The maximum atomic E-state index is 13.2. The number of carbonyl (C=O) groups excluding carboxylic acids is 2. The minimum absolute atomic E-state index is 0.111. The first kappa shape index (κ1) is 15.9. The predicted octanol–water partition coefficient (Wildman–Crippen LogP) is 2.87. The van der Waals surface area contributed by atoms with Crippen LogP contribution in [0.4, 0.5) is 0 Å². The van der Waals surface area contributed by atoms with Crippen LogP contribution in [0.3, 0.4) is 0 Å². The number of hydrogen-bond donors (Lipinski definition) is 2. The number of rotatable bonds is 4. The highest BCUT2D eigenvalue weighted by Gasteiger charge is 2.86. The fourth-order valence-corrected chi connectivity index (χ4v) is 7.53. The Balaban J connectivity index is 1.85. The Bertz CT molecular complexity index is 783. The van der Waals surface area contributed by atoms with E-state index in [1.165, 1.54) is 0 Å². The predicted molar refractivity (Wildman–Crippen MR) is 97.2 cm³/mol. The lowest BCUT2D eigenvalue weighted by Gasteiger charge is -2.50. The van der Waals surface area contributed by atoms with E-state index in [9.17, 15) is 9.59 Å². The maximum absolute atomic E-state index is 13.2. The van der Waals surface area contributed by atoms with E-state index >= 15 is 0 Å². The lowest BCUT2D eigenvalue weighted by atomic mass is 9.50. The van der Waals surface area contributed by atoms with E-state index in [2.05, 4.69) is 15.9 Å². The summed E-state index contributed by atoms with van der Waals surface area (Å²) in [7, 11) is 0. The van der Waals surface area contributed by atoms with Crippen LogP contribution in [0, 0.1) is 28.6 Å². The highest BCUT2D eigenvalue weighted by molar-refractivity contribution is 9.10. The molecular weight excluding hydrogens is 380 g/mol.